The molecule has 0 aromatic carbocycles. The van der Waals surface area contributed by atoms with E-state index in [1.807, 2.05) is 0 Å². The molecule has 7 heteroatoms. The molecule has 7 nitrogen and oxygen atoms in total. The number of aliphatic hydroxyl groups excluding tert-OH is 2. The molecule has 4 atom stereocenters. The number of rotatable bonds is 5. The molecule has 0 aliphatic carbocycles. The number of hydrogen-bond donors (Lipinski definition) is 4. The summed E-state index contributed by atoms with van der Waals surface area (Å²) in [6.45, 7) is -0.465. The van der Waals surface area contributed by atoms with E-state index in [0.29, 0.717) is 0 Å². The predicted molar refractivity (Wildman–Crippen MR) is 54.4 cm³/mol. The normalized spacial score (nSPS) is 33.3. The van der Waals surface area contributed by atoms with E-state index < -0.39 is 42.8 Å². The molecule has 0 radical (unpaired) electrons. The maximum Gasteiger partial charge on any atom is 0.305 e. The van der Waals surface area contributed by atoms with Crippen LogP contribution in [-0.4, -0.2) is 57.3 Å². The number of carbonyl (C=O) groups is 2. The Bertz CT molecular complexity index is 290. The summed E-state index contributed by atoms with van der Waals surface area (Å²) in [4.78, 5) is 21.2. The van der Waals surface area contributed by atoms with Crippen molar-refractivity contribution in [1.82, 2.24) is 0 Å². The summed E-state index contributed by atoms with van der Waals surface area (Å²) in [5, 5.41) is 36.0. The van der Waals surface area contributed by atoms with E-state index in [4.69, 9.17) is 20.1 Å². The van der Waals surface area contributed by atoms with Crippen LogP contribution in [0, 0.1) is 5.92 Å². The summed E-state index contributed by atoms with van der Waals surface area (Å²) in [7, 11) is 0. The maximum atomic E-state index is 10.6. The monoisotopic (exact) mass is 248 g/mol. The molecule has 1 rings (SSSR count). The molecule has 17 heavy (non-hydrogen) atoms. The fraction of sp³-hybridized carbons (Fsp3) is 0.800. The minimum absolute atomic E-state index is 0.163. The maximum absolute atomic E-state index is 10.6. The van der Waals surface area contributed by atoms with Gasteiger partial charge in [-0.05, 0) is 6.42 Å². The summed E-state index contributed by atoms with van der Waals surface area (Å²) in [6, 6.07) is 0. The molecule has 98 valence electrons. The molecule has 0 saturated carbocycles. The summed E-state index contributed by atoms with van der Waals surface area (Å²) in [5.41, 5.74) is 0. The van der Waals surface area contributed by atoms with Crippen LogP contribution < -0.4 is 0 Å². The second-order valence-electron chi connectivity index (χ2n) is 4.16. The Morgan fingerprint density at radius 2 is 1.76 bits per heavy atom. The van der Waals surface area contributed by atoms with Crippen LogP contribution in [0.4, 0.5) is 0 Å². The highest BCUT2D eigenvalue weighted by Crippen LogP contribution is 2.29. The molecular formula is C10H16O7. The molecule has 4 N–H and O–H groups in total. The Kier molecular flexibility index (Phi) is 4.86. The van der Waals surface area contributed by atoms with Gasteiger partial charge in [0.15, 0.2) is 0 Å². The van der Waals surface area contributed by atoms with Crippen LogP contribution in [0.2, 0.25) is 0 Å². The summed E-state index contributed by atoms with van der Waals surface area (Å²) < 4.78 is 5.20. The van der Waals surface area contributed by atoms with Gasteiger partial charge in [-0.15, -0.1) is 0 Å². The summed E-state index contributed by atoms with van der Waals surface area (Å²) in [5.74, 6) is -2.72. The number of hydrogen-bond acceptors (Lipinski definition) is 5. The minimum atomic E-state index is -1.08. The molecule has 1 aliphatic heterocycles. The van der Waals surface area contributed by atoms with Crippen LogP contribution in [0.25, 0.3) is 0 Å². The fourth-order valence-corrected chi connectivity index (χ4v) is 2.07. The van der Waals surface area contributed by atoms with E-state index in [1.54, 1.807) is 0 Å². The third kappa shape index (κ3) is 3.95. The van der Waals surface area contributed by atoms with Gasteiger partial charge in [-0.2, -0.15) is 0 Å². The fourth-order valence-electron chi connectivity index (χ4n) is 2.07. The first-order chi connectivity index (χ1) is 7.93. The second-order valence-corrected chi connectivity index (χ2v) is 4.16. The Balaban J connectivity index is 2.67. The van der Waals surface area contributed by atoms with Crippen molar-refractivity contribution in [3.05, 3.63) is 0 Å². The highest BCUT2D eigenvalue weighted by Gasteiger charge is 2.38. The summed E-state index contributed by atoms with van der Waals surface area (Å²) >= 11 is 0. The van der Waals surface area contributed by atoms with Crippen LogP contribution >= 0.6 is 0 Å². The Morgan fingerprint density at radius 1 is 1.18 bits per heavy atom. The van der Waals surface area contributed by atoms with E-state index >= 15 is 0 Å². The van der Waals surface area contributed by atoms with E-state index in [1.165, 1.54) is 0 Å². The molecule has 1 fully saturated rings. The van der Waals surface area contributed by atoms with Crippen LogP contribution in [-0.2, 0) is 14.3 Å². The first-order valence-corrected chi connectivity index (χ1v) is 5.32. The van der Waals surface area contributed by atoms with Crippen LogP contribution in [0.3, 0.4) is 0 Å². The molecule has 0 amide bonds. The lowest BCUT2D eigenvalue weighted by atomic mass is 9.85. The first kappa shape index (κ1) is 13.9. The molecule has 0 aromatic rings. The first-order valence-electron chi connectivity index (χ1n) is 5.32. The lowest BCUT2D eigenvalue weighted by Gasteiger charge is -2.37. The van der Waals surface area contributed by atoms with E-state index in [0.717, 1.165) is 0 Å². The predicted octanol–water partition coefficient (Wildman–Crippen LogP) is -0.937. The Morgan fingerprint density at radius 3 is 2.24 bits per heavy atom. The molecule has 0 bridgehead atoms. The Hall–Kier alpha value is -1.18. The number of aliphatic hydroxyl groups is 2. The average Bonchev–Trinajstić information content (AvgIpc) is 2.21. The number of ether oxygens (including phenoxy) is 1. The zero-order valence-electron chi connectivity index (χ0n) is 9.15. The van der Waals surface area contributed by atoms with Crippen molar-refractivity contribution in [3.8, 4) is 0 Å². The van der Waals surface area contributed by atoms with Crippen LogP contribution in [0.15, 0.2) is 0 Å². The van der Waals surface area contributed by atoms with Crippen molar-refractivity contribution in [1.29, 1.82) is 0 Å². The van der Waals surface area contributed by atoms with Gasteiger partial charge < -0.3 is 25.2 Å². The van der Waals surface area contributed by atoms with Gasteiger partial charge in [0.2, 0.25) is 0 Å². The van der Waals surface area contributed by atoms with E-state index in [-0.39, 0.29) is 19.3 Å². The smallest absolute Gasteiger partial charge is 0.305 e. The van der Waals surface area contributed by atoms with Gasteiger partial charge in [0, 0.05) is 5.92 Å². The molecular weight excluding hydrogens is 232 g/mol. The number of carboxylic acid groups (broad SMARTS) is 2. The zero-order chi connectivity index (χ0) is 13.0. The SMILES string of the molecule is O=C(O)CC1C[C@H](CC(=O)O)[C@H](O)[C@@H](CO)O1. The summed E-state index contributed by atoms with van der Waals surface area (Å²) in [6.07, 6.45) is -3.04. The van der Waals surface area contributed by atoms with Gasteiger partial charge in [-0.1, -0.05) is 0 Å². The van der Waals surface area contributed by atoms with Gasteiger partial charge in [0.05, 0.1) is 31.7 Å². The van der Waals surface area contributed by atoms with Crippen LogP contribution in [0.1, 0.15) is 19.3 Å². The van der Waals surface area contributed by atoms with Crippen molar-refractivity contribution in [2.75, 3.05) is 6.61 Å². The van der Waals surface area contributed by atoms with Crippen molar-refractivity contribution in [2.24, 2.45) is 5.92 Å². The van der Waals surface area contributed by atoms with E-state index in [2.05, 4.69) is 0 Å². The highest BCUT2D eigenvalue weighted by molar-refractivity contribution is 5.68. The molecule has 1 saturated heterocycles. The zero-order valence-corrected chi connectivity index (χ0v) is 9.15. The van der Waals surface area contributed by atoms with Crippen molar-refractivity contribution >= 4 is 11.9 Å². The number of carboxylic acids is 2. The van der Waals surface area contributed by atoms with Crippen molar-refractivity contribution < 1.29 is 34.8 Å². The standard InChI is InChI=1S/C10H16O7/c11-4-7-10(16)5(2-8(12)13)1-6(17-7)3-9(14)15/h5-7,10-11,16H,1-4H2,(H,12,13)(H,14,15)/t5-,6?,7-,10+/m1/s1. The molecule has 0 spiro atoms. The number of aliphatic carboxylic acids is 2. The lowest BCUT2D eigenvalue weighted by molar-refractivity contribution is -0.173. The molecule has 1 heterocycles. The second kappa shape index (κ2) is 5.95. The van der Waals surface area contributed by atoms with Gasteiger partial charge in [-0.3, -0.25) is 9.59 Å². The van der Waals surface area contributed by atoms with Crippen molar-refractivity contribution in [3.63, 3.8) is 0 Å². The van der Waals surface area contributed by atoms with Gasteiger partial charge >= 0.3 is 11.9 Å². The third-order valence-electron chi connectivity index (χ3n) is 2.82. The lowest BCUT2D eigenvalue weighted by Crippen LogP contribution is -2.48. The largest absolute Gasteiger partial charge is 0.481 e. The van der Waals surface area contributed by atoms with Crippen molar-refractivity contribution in [2.45, 2.75) is 37.6 Å². The molecule has 1 aliphatic rings. The van der Waals surface area contributed by atoms with Crippen LogP contribution in [0.5, 0.6) is 0 Å². The molecule has 1 unspecified atom stereocenters. The third-order valence-corrected chi connectivity index (χ3v) is 2.82. The topological polar surface area (TPSA) is 124 Å². The van der Waals surface area contributed by atoms with E-state index in [9.17, 15) is 14.7 Å². The molecule has 0 aromatic heterocycles. The quantitative estimate of drug-likeness (QED) is 0.495. The van der Waals surface area contributed by atoms with Gasteiger partial charge in [0.25, 0.3) is 0 Å². The average molecular weight is 248 g/mol. The Labute approximate surface area is 97.6 Å². The van der Waals surface area contributed by atoms with Gasteiger partial charge in [0.1, 0.15) is 6.10 Å². The van der Waals surface area contributed by atoms with Gasteiger partial charge in [-0.25, -0.2) is 0 Å². The minimum Gasteiger partial charge on any atom is -0.481 e. The highest BCUT2D eigenvalue weighted by atomic mass is 16.5.